The molecule has 3 rings (SSSR count). The Morgan fingerprint density at radius 3 is 2.54 bits per heavy atom. The van der Waals surface area contributed by atoms with Gasteiger partial charge in [0.25, 0.3) is 5.56 Å². The second-order valence-electron chi connectivity index (χ2n) is 7.03. The van der Waals surface area contributed by atoms with E-state index in [0.29, 0.717) is 16.2 Å². The third-order valence-corrected chi connectivity index (χ3v) is 5.03. The molecular weight excluding hydrogens is 350 g/mol. The summed E-state index contributed by atoms with van der Waals surface area (Å²) in [6, 6.07) is 8.71. The maximum absolute atomic E-state index is 12.2. The highest BCUT2D eigenvalue weighted by atomic mass is 32.1. The van der Waals surface area contributed by atoms with Crippen molar-refractivity contribution >= 4 is 22.3 Å². The van der Waals surface area contributed by atoms with Crippen molar-refractivity contribution in [2.24, 2.45) is 0 Å². The molecule has 0 fully saturated rings. The summed E-state index contributed by atoms with van der Waals surface area (Å²) in [7, 11) is 0. The van der Waals surface area contributed by atoms with Crippen LogP contribution in [0.2, 0.25) is 0 Å². The largest absolute Gasteiger partial charge is 0.456 e. The standard InChI is InChI=1S/C19H21N3O3S/c1-5-15-21-22-16(23)10-14(20-18(22)26-15)11-25-17(24)12-6-8-13(9-7-12)19(2,3)4/h6-10H,5,11H2,1-4H3. The van der Waals surface area contributed by atoms with Gasteiger partial charge in [-0.3, -0.25) is 4.79 Å². The van der Waals surface area contributed by atoms with Crippen LogP contribution in [-0.4, -0.2) is 20.6 Å². The number of nitrogens with zero attached hydrogens (tertiary/aromatic N) is 3. The van der Waals surface area contributed by atoms with Gasteiger partial charge in [0.15, 0.2) is 0 Å². The first-order valence-corrected chi connectivity index (χ1v) is 9.26. The number of hydrogen-bond acceptors (Lipinski definition) is 6. The lowest BCUT2D eigenvalue weighted by molar-refractivity contribution is 0.0467. The lowest BCUT2D eigenvalue weighted by Gasteiger charge is -2.18. The third kappa shape index (κ3) is 3.83. The van der Waals surface area contributed by atoms with Crippen molar-refractivity contribution < 1.29 is 9.53 Å². The Balaban J connectivity index is 1.73. The van der Waals surface area contributed by atoms with Crippen molar-refractivity contribution in [2.45, 2.75) is 46.1 Å². The molecule has 26 heavy (non-hydrogen) atoms. The number of ether oxygens (including phenoxy) is 1. The average molecular weight is 371 g/mol. The molecule has 0 saturated carbocycles. The van der Waals surface area contributed by atoms with E-state index in [0.717, 1.165) is 17.0 Å². The number of esters is 1. The van der Waals surface area contributed by atoms with Gasteiger partial charge in [0.2, 0.25) is 4.96 Å². The first-order chi connectivity index (χ1) is 12.3. The van der Waals surface area contributed by atoms with Gasteiger partial charge in [-0.2, -0.15) is 9.61 Å². The van der Waals surface area contributed by atoms with Crippen LogP contribution in [0.3, 0.4) is 0 Å². The van der Waals surface area contributed by atoms with Gasteiger partial charge in [-0.25, -0.2) is 9.78 Å². The fourth-order valence-corrected chi connectivity index (χ4v) is 3.30. The zero-order valence-corrected chi connectivity index (χ0v) is 16.1. The summed E-state index contributed by atoms with van der Waals surface area (Å²) in [4.78, 5) is 29.2. The monoisotopic (exact) mass is 371 g/mol. The van der Waals surface area contributed by atoms with Crippen LogP contribution in [0, 0.1) is 0 Å². The topological polar surface area (TPSA) is 73.6 Å². The van der Waals surface area contributed by atoms with Gasteiger partial charge in [0.1, 0.15) is 11.6 Å². The molecule has 0 bridgehead atoms. The minimum atomic E-state index is -0.439. The van der Waals surface area contributed by atoms with Crippen molar-refractivity contribution in [3.05, 3.63) is 62.5 Å². The fraction of sp³-hybridized carbons (Fsp3) is 0.368. The third-order valence-electron chi connectivity index (χ3n) is 3.98. The summed E-state index contributed by atoms with van der Waals surface area (Å²) in [5, 5.41) is 5.03. The Bertz CT molecular complexity index is 998. The highest BCUT2D eigenvalue weighted by Crippen LogP contribution is 2.22. The number of rotatable bonds is 4. The van der Waals surface area contributed by atoms with Gasteiger partial charge in [0.05, 0.1) is 11.3 Å². The molecule has 0 aliphatic heterocycles. The van der Waals surface area contributed by atoms with Gasteiger partial charge >= 0.3 is 5.97 Å². The van der Waals surface area contributed by atoms with Crippen LogP contribution in [0.1, 0.15) is 54.3 Å². The van der Waals surface area contributed by atoms with Crippen molar-refractivity contribution in [1.82, 2.24) is 14.6 Å². The number of carbonyl (C=O) groups is 1. The van der Waals surface area contributed by atoms with Crippen LogP contribution in [0.5, 0.6) is 0 Å². The molecule has 2 aromatic heterocycles. The molecule has 2 heterocycles. The van der Waals surface area contributed by atoms with Gasteiger partial charge in [0, 0.05) is 6.07 Å². The number of aromatic nitrogens is 3. The van der Waals surface area contributed by atoms with Crippen molar-refractivity contribution in [3.8, 4) is 0 Å². The first kappa shape index (κ1) is 18.3. The zero-order chi connectivity index (χ0) is 18.9. The van der Waals surface area contributed by atoms with Crippen molar-refractivity contribution in [3.63, 3.8) is 0 Å². The Hall–Kier alpha value is -2.54. The second-order valence-corrected chi connectivity index (χ2v) is 8.07. The lowest BCUT2D eigenvalue weighted by Crippen LogP contribution is -2.17. The van der Waals surface area contributed by atoms with Crippen LogP contribution in [-0.2, 0) is 23.2 Å². The Morgan fingerprint density at radius 1 is 1.23 bits per heavy atom. The van der Waals surface area contributed by atoms with Crippen LogP contribution in [0.15, 0.2) is 35.1 Å². The van der Waals surface area contributed by atoms with Gasteiger partial charge in [-0.1, -0.05) is 51.2 Å². The predicted octanol–water partition coefficient (Wildman–Crippen LogP) is 3.37. The molecule has 0 saturated heterocycles. The van der Waals surface area contributed by atoms with E-state index in [4.69, 9.17) is 4.74 Å². The number of fused-ring (bicyclic) bond motifs is 1. The SMILES string of the molecule is CCc1nn2c(=O)cc(COC(=O)c3ccc(C(C)(C)C)cc3)nc2s1. The molecule has 1 aromatic carbocycles. The van der Waals surface area contributed by atoms with E-state index in [1.54, 1.807) is 12.1 Å². The number of aryl methyl sites for hydroxylation is 1. The second kappa shape index (κ2) is 6.99. The van der Waals surface area contributed by atoms with Crippen LogP contribution in [0.25, 0.3) is 4.96 Å². The van der Waals surface area contributed by atoms with Gasteiger partial charge in [-0.15, -0.1) is 0 Å². The van der Waals surface area contributed by atoms with Crippen LogP contribution >= 0.6 is 11.3 Å². The fourth-order valence-electron chi connectivity index (χ4n) is 2.44. The van der Waals surface area contributed by atoms with Crippen LogP contribution in [0.4, 0.5) is 0 Å². The van der Waals surface area contributed by atoms with E-state index in [9.17, 15) is 9.59 Å². The van der Waals surface area contributed by atoms with Crippen LogP contribution < -0.4 is 5.56 Å². The zero-order valence-electron chi connectivity index (χ0n) is 15.3. The van der Waals surface area contributed by atoms with E-state index in [2.05, 4.69) is 30.9 Å². The smallest absolute Gasteiger partial charge is 0.338 e. The molecule has 0 spiro atoms. The maximum atomic E-state index is 12.2. The van der Waals surface area contributed by atoms with Gasteiger partial charge in [-0.05, 0) is 29.5 Å². The lowest BCUT2D eigenvalue weighted by atomic mass is 9.87. The molecule has 0 N–H and O–H groups in total. The Morgan fingerprint density at radius 2 is 1.92 bits per heavy atom. The summed E-state index contributed by atoms with van der Waals surface area (Å²) in [6.07, 6.45) is 0.738. The summed E-state index contributed by atoms with van der Waals surface area (Å²) < 4.78 is 6.59. The molecule has 7 heteroatoms. The molecule has 0 radical (unpaired) electrons. The minimum Gasteiger partial charge on any atom is -0.456 e. The molecule has 0 amide bonds. The van der Waals surface area contributed by atoms with E-state index in [1.807, 2.05) is 19.1 Å². The van der Waals surface area contributed by atoms with Crippen molar-refractivity contribution in [2.75, 3.05) is 0 Å². The highest BCUT2D eigenvalue weighted by molar-refractivity contribution is 7.16. The number of benzene rings is 1. The van der Waals surface area contributed by atoms with E-state index < -0.39 is 5.97 Å². The Kier molecular flexibility index (Phi) is 4.91. The minimum absolute atomic E-state index is 0.0239. The molecule has 0 atom stereocenters. The maximum Gasteiger partial charge on any atom is 0.338 e. The summed E-state index contributed by atoms with van der Waals surface area (Å²) in [5.74, 6) is -0.439. The predicted molar refractivity (Wildman–Crippen MR) is 101 cm³/mol. The van der Waals surface area contributed by atoms with Gasteiger partial charge < -0.3 is 4.74 Å². The quantitative estimate of drug-likeness (QED) is 0.658. The highest BCUT2D eigenvalue weighted by Gasteiger charge is 2.15. The van der Waals surface area contributed by atoms with E-state index in [-0.39, 0.29) is 17.6 Å². The average Bonchev–Trinajstić information content (AvgIpc) is 3.03. The summed E-state index contributed by atoms with van der Waals surface area (Å²) in [6.45, 7) is 8.26. The number of carbonyl (C=O) groups excluding carboxylic acids is 1. The first-order valence-electron chi connectivity index (χ1n) is 8.44. The van der Waals surface area contributed by atoms with E-state index >= 15 is 0 Å². The molecule has 0 aliphatic carbocycles. The molecule has 0 aliphatic rings. The molecule has 6 nitrogen and oxygen atoms in total. The summed E-state index contributed by atoms with van der Waals surface area (Å²) in [5.41, 5.74) is 1.79. The molecule has 136 valence electrons. The van der Waals surface area contributed by atoms with Crippen molar-refractivity contribution in [1.29, 1.82) is 0 Å². The summed E-state index contributed by atoms with van der Waals surface area (Å²) >= 11 is 1.36. The molecular formula is C19H21N3O3S. The number of hydrogen-bond donors (Lipinski definition) is 0. The molecule has 0 unspecified atom stereocenters. The Labute approximate surface area is 155 Å². The van der Waals surface area contributed by atoms with E-state index in [1.165, 1.54) is 21.9 Å². The normalized spacial score (nSPS) is 11.7. The molecule has 3 aromatic rings.